The Morgan fingerprint density at radius 1 is 1.13 bits per heavy atom. The second-order valence-electron chi connectivity index (χ2n) is 7.95. The molecule has 3 aromatic rings. The molecule has 6 nitrogen and oxygen atoms in total. The minimum Gasteiger partial charge on any atom is -0.390 e. The predicted octanol–water partition coefficient (Wildman–Crippen LogP) is 3.66. The van der Waals surface area contributed by atoms with E-state index in [1.807, 2.05) is 30.3 Å². The number of aliphatic hydroxyl groups excluding tert-OH is 1. The number of fused-ring (bicyclic) bond motifs is 1. The molecular formula is C25H29N3O3. The first-order valence-corrected chi connectivity index (χ1v) is 10.9. The molecule has 3 N–H and O–H groups in total. The fourth-order valence-electron chi connectivity index (χ4n) is 4.18. The molecule has 162 valence electrons. The van der Waals surface area contributed by atoms with E-state index in [1.54, 1.807) is 6.20 Å². The van der Waals surface area contributed by atoms with E-state index in [9.17, 15) is 9.90 Å². The van der Waals surface area contributed by atoms with E-state index in [-0.39, 0.29) is 6.61 Å². The van der Waals surface area contributed by atoms with Crippen molar-refractivity contribution >= 4 is 22.7 Å². The van der Waals surface area contributed by atoms with Crippen LogP contribution in [0, 0.1) is 0 Å². The maximum absolute atomic E-state index is 12.0. The third kappa shape index (κ3) is 5.28. The van der Waals surface area contributed by atoms with Crippen LogP contribution in [0.15, 0.2) is 48.7 Å². The zero-order valence-electron chi connectivity index (χ0n) is 17.6. The van der Waals surface area contributed by atoms with Gasteiger partial charge in [-0.2, -0.15) is 0 Å². The number of rotatable bonds is 8. The average molecular weight is 420 g/mol. The first-order valence-electron chi connectivity index (χ1n) is 10.9. The van der Waals surface area contributed by atoms with Crippen LogP contribution in [-0.4, -0.2) is 42.3 Å². The van der Waals surface area contributed by atoms with Crippen molar-refractivity contribution in [3.63, 3.8) is 0 Å². The molecule has 0 radical (unpaired) electrons. The van der Waals surface area contributed by atoms with Gasteiger partial charge >= 0.3 is 0 Å². The molecule has 0 amide bonds. The van der Waals surface area contributed by atoms with Crippen LogP contribution in [0.25, 0.3) is 10.8 Å². The molecule has 6 heteroatoms. The second kappa shape index (κ2) is 10.5. The standard InChI is InChI=1S/C25H29N3O3/c29-15-20-13-19(12-18-7-8-22(16-30)26-14-18)23-5-1-2-6-24(23)25(20)28-17-27-21-4-3-10-31-11-9-21/h1-2,5-8,13-15,21,27-28,30H,3-4,9-12,16-17H2. The molecule has 2 aromatic carbocycles. The lowest BCUT2D eigenvalue weighted by Crippen LogP contribution is -2.33. The molecule has 2 heterocycles. The molecule has 0 bridgehead atoms. The van der Waals surface area contributed by atoms with Crippen molar-refractivity contribution in [1.82, 2.24) is 10.3 Å². The van der Waals surface area contributed by atoms with Crippen LogP contribution >= 0.6 is 0 Å². The topological polar surface area (TPSA) is 83.5 Å². The molecular weight excluding hydrogens is 390 g/mol. The summed E-state index contributed by atoms with van der Waals surface area (Å²) in [6, 6.07) is 14.4. The summed E-state index contributed by atoms with van der Waals surface area (Å²) in [6.45, 7) is 2.16. The number of nitrogens with one attached hydrogen (secondary N) is 2. The number of aldehydes is 1. The lowest BCUT2D eigenvalue weighted by atomic mass is 9.95. The lowest BCUT2D eigenvalue weighted by Gasteiger charge is -2.19. The van der Waals surface area contributed by atoms with Gasteiger partial charge in [0.2, 0.25) is 0 Å². The third-order valence-electron chi connectivity index (χ3n) is 5.84. The molecule has 31 heavy (non-hydrogen) atoms. The number of carbonyl (C=O) groups is 1. The minimum atomic E-state index is -0.0687. The van der Waals surface area contributed by atoms with Crippen LogP contribution in [0.1, 0.15) is 46.4 Å². The van der Waals surface area contributed by atoms with E-state index >= 15 is 0 Å². The molecule has 4 rings (SSSR count). The lowest BCUT2D eigenvalue weighted by molar-refractivity contribution is 0.112. The number of aromatic nitrogens is 1. The van der Waals surface area contributed by atoms with Gasteiger partial charge in [0.25, 0.3) is 0 Å². The fourth-order valence-corrected chi connectivity index (χ4v) is 4.18. The van der Waals surface area contributed by atoms with Crippen LogP contribution in [-0.2, 0) is 17.8 Å². The van der Waals surface area contributed by atoms with Gasteiger partial charge in [0, 0.05) is 36.4 Å². The van der Waals surface area contributed by atoms with Crippen LogP contribution in [0.2, 0.25) is 0 Å². The summed E-state index contributed by atoms with van der Waals surface area (Å²) >= 11 is 0. The minimum absolute atomic E-state index is 0.0687. The molecule has 1 aliphatic heterocycles. The summed E-state index contributed by atoms with van der Waals surface area (Å²) in [6.07, 6.45) is 6.55. The maximum Gasteiger partial charge on any atom is 0.152 e. The van der Waals surface area contributed by atoms with E-state index in [4.69, 9.17) is 4.74 Å². The molecule has 1 unspecified atom stereocenters. The van der Waals surface area contributed by atoms with E-state index in [2.05, 4.69) is 27.8 Å². The van der Waals surface area contributed by atoms with Crippen molar-refractivity contribution < 1.29 is 14.6 Å². The number of hydrogen-bond acceptors (Lipinski definition) is 6. The van der Waals surface area contributed by atoms with Gasteiger partial charge in [-0.05, 0) is 54.3 Å². The smallest absolute Gasteiger partial charge is 0.152 e. The van der Waals surface area contributed by atoms with E-state index in [1.165, 1.54) is 0 Å². The Morgan fingerprint density at radius 2 is 2.00 bits per heavy atom. The summed E-state index contributed by atoms with van der Waals surface area (Å²) in [5.74, 6) is 0. The molecule has 0 aliphatic carbocycles. The van der Waals surface area contributed by atoms with Gasteiger partial charge in [-0.25, -0.2) is 0 Å². The number of ether oxygens (including phenoxy) is 1. The Bertz CT molecular complexity index is 1010. The summed E-state index contributed by atoms with van der Waals surface area (Å²) < 4.78 is 5.53. The highest BCUT2D eigenvalue weighted by molar-refractivity contribution is 6.04. The summed E-state index contributed by atoms with van der Waals surface area (Å²) in [7, 11) is 0. The van der Waals surface area contributed by atoms with Gasteiger partial charge in [-0.15, -0.1) is 0 Å². The predicted molar refractivity (Wildman–Crippen MR) is 122 cm³/mol. The maximum atomic E-state index is 12.0. The Labute approximate surface area is 182 Å². The van der Waals surface area contributed by atoms with E-state index in [0.717, 1.165) is 66.3 Å². The fraction of sp³-hybridized carbons (Fsp3) is 0.360. The second-order valence-corrected chi connectivity index (χ2v) is 7.95. The van der Waals surface area contributed by atoms with Crippen LogP contribution in [0.5, 0.6) is 0 Å². The first kappa shape index (κ1) is 21.4. The number of pyridine rings is 1. The monoisotopic (exact) mass is 419 g/mol. The Hall–Kier alpha value is -2.80. The SMILES string of the molecule is O=Cc1cc(Cc2ccc(CO)nc2)c2ccccc2c1NCNC1CCCOCC1. The molecule has 1 saturated heterocycles. The van der Waals surface area contributed by atoms with Crippen molar-refractivity contribution in [1.29, 1.82) is 0 Å². The number of hydrogen-bond donors (Lipinski definition) is 3. The number of aliphatic hydroxyl groups is 1. The largest absolute Gasteiger partial charge is 0.390 e. The van der Waals surface area contributed by atoms with Gasteiger partial charge in [-0.1, -0.05) is 30.3 Å². The summed E-state index contributed by atoms with van der Waals surface area (Å²) in [5.41, 5.74) is 4.28. The molecule has 1 aromatic heterocycles. The van der Waals surface area contributed by atoms with Crippen molar-refractivity contribution in [3.05, 3.63) is 71.0 Å². The van der Waals surface area contributed by atoms with Gasteiger partial charge in [0.05, 0.1) is 24.7 Å². The zero-order chi connectivity index (χ0) is 21.5. The average Bonchev–Trinajstić information content (AvgIpc) is 3.09. The zero-order valence-corrected chi connectivity index (χ0v) is 17.6. The highest BCUT2D eigenvalue weighted by atomic mass is 16.5. The number of benzene rings is 2. The highest BCUT2D eigenvalue weighted by Crippen LogP contribution is 2.31. The molecule has 1 atom stereocenters. The third-order valence-corrected chi connectivity index (χ3v) is 5.84. The van der Waals surface area contributed by atoms with Crippen LogP contribution < -0.4 is 10.6 Å². The van der Waals surface area contributed by atoms with Gasteiger partial charge in [-0.3, -0.25) is 15.1 Å². The Kier molecular flexibility index (Phi) is 7.25. The van der Waals surface area contributed by atoms with Crippen molar-refractivity contribution in [2.24, 2.45) is 0 Å². The van der Waals surface area contributed by atoms with Crippen molar-refractivity contribution in [3.8, 4) is 0 Å². The number of anilines is 1. The normalized spacial score (nSPS) is 16.7. The molecule has 1 fully saturated rings. The quantitative estimate of drug-likeness (QED) is 0.382. The first-order chi connectivity index (χ1) is 15.3. The summed E-state index contributed by atoms with van der Waals surface area (Å²) in [4.78, 5) is 16.2. The van der Waals surface area contributed by atoms with Crippen molar-refractivity contribution in [2.45, 2.75) is 38.3 Å². The van der Waals surface area contributed by atoms with Crippen molar-refractivity contribution in [2.75, 3.05) is 25.2 Å². The molecule has 0 spiro atoms. The molecule has 1 aliphatic rings. The summed E-state index contributed by atoms with van der Waals surface area (Å²) in [5, 5.41) is 18.4. The highest BCUT2D eigenvalue weighted by Gasteiger charge is 2.14. The van der Waals surface area contributed by atoms with E-state index in [0.29, 0.717) is 30.4 Å². The van der Waals surface area contributed by atoms with Gasteiger partial charge < -0.3 is 15.2 Å². The van der Waals surface area contributed by atoms with E-state index < -0.39 is 0 Å². The van der Waals surface area contributed by atoms with Crippen LogP contribution in [0.4, 0.5) is 5.69 Å². The Balaban J connectivity index is 1.57. The molecule has 0 saturated carbocycles. The van der Waals surface area contributed by atoms with Gasteiger partial charge in [0.1, 0.15) is 0 Å². The Morgan fingerprint density at radius 3 is 2.77 bits per heavy atom. The van der Waals surface area contributed by atoms with Gasteiger partial charge in [0.15, 0.2) is 6.29 Å². The number of carbonyl (C=O) groups excluding carboxylic acids is 1. The van der Waals surface area contributed by atoms with Crippen LogP contribution in [0.3, 0.4) is 0 Å². The number of nitrogens with zero attached hydrogens (tertiary/aromatic N) is 1.